The van der Waals surface area contributed by atoms with Gasteiger partial charge >= 0.3 is 0 Å². The van der Waals surface area contributed by atoms with Gasteiger partial charge in [-0.3, -0.25) is 0 Å². The fourth-order valence-electron chi connectivity index (χ4n) is 14.1. The highest BCUT2D eigenvalue weighted by Gasteiger charge is 2.47. The number of fused-ring (bicyclic) bond motifs is 14. The number of nitrogens with one attached hydrogen (secondary N) is 1. The highest BCUT2D eigenvalue weighted by atomic mass is 15.1. The monoisotopic (exact) mass is 1040 g/mol. The topological polar surface area (TPSA) is 21.9 Å². The average Bonchev–Trinajstić information content (AvgIpc) is 1.60. The van der Waals surface area contributed by atoms with Crippen molar-refractivity contribution in [2.45, 2.75) is 51.0 Å². The van der Waals surface area contributed by atoms with E-state index in [1.807, 2.05) is 48.5 Å². The van der Waals surface area contributed by atoms with Crippen LogP contribution in [0.15, 0.2) is 242 Å². The second-order valence-electron chi connectivity index (χ2n) is 22.8. The van der Waals surface area contributed by atoms with Crippen molar-refractivity contribution in [3.8, 4) is 44.8 Å². The third-order valence-electron chi connectivity index (χ3n) is 17.5. The summed E-state index contributed by atoms with van der Waals surface area (Å²) in [4.78, 5) is 0. The molecule has 0 radical (unpaired) electrons. The highest BCUT2D eigenvalue weighted by molar-refractivity contribution is 7.00. The van der Waals surface area contributed by atoms with E-state index >= 15 is 0 Å². The SMILES string of the molecule is [2H]c1c([2H])c([2H])c(-c2ccc3c(c2)c2cc(C(C)(C)C)cc4c2n3-c2cc3c(c5c2B4c2cc(-c4c([2H])c([2H])c([2H])c([2H])c4[2H])cc4c6cc(-c7c([2H])c([2H])c([2H])c([2H])c7[2H])ccc6n-5c24)C2C=CC=C(c4ccccc4C4=C(c5ccccc5)CCC=C4)C2N3)c([2H])c1[2H]. The maximum atomic E-state index is 9.51. The van der Waals surface area contributed by atoms with Crippen molar-refractivity contribution < 1.29 is 20.6 Å². The lowest BCUT2D eigenvalue weighted by molar-refractivity contribution is 0.591. The first-order chi connectivity index (χ1) is 45.5. The van der Waals surface area contributed by atoms with E-state index in [4.69, 9.17) is 15.1 Å². The summed E-state index contributed by atoms with van der Waals surface area (Å²) in [7, 11) is 0. The van der Waals surface area contributed by atoms with Crippen LogP contribution in [-0.4, -0.2) is 21.9 Å². The Labute approximate surface area is 488 Å². The zero-order chi connectivity index (χ0) is 66.0. The van der Waals surface area contributed by atoms with E-state index in [0.717, 1.165) is 107 Å². The van der Waals surface area contributed by atoms with Crippen LogP contribution in [0.1, 0.15) is 87.9 Å². The Balaban J connectivity index is 1.01. The highest BCUT2D eigenvalue weighted by Crippen LogP contribution is 2.53. The van der Waals surface area contributed by atoms with Crippen molar-refractivity contribution in [2.24, 2.45) is 0 Å². The fourth-order valence-corrected chi connectivity index (χ4v) is 14.1. The van der Waals surface area contributed by atoms with Gasteiger partial charge in [-0.1, -0.05) is 221 Å². The molecule has 2 unspecified atom stereocenters. The lowest BCUT2D eigenvalue weighted by Crippen LogP contribution is -2.60. The number of benzene rings is 10. The summed E-state index contributed by atoms with van der Waals surface area (Å²) in [6, 6.07) is 34.5. The molecular weight excluding hydrogens is 966 g/mol. The maximum absolute atomic E-state index is 9.51. The summed E-state index contributed by atoms with van der Waals surface area (Å²) >= 11 is 0. The maximum Gasteiger partial charge on any atom is 0.252 e. The van der Waals surface area contributed by atoms with Gasteiger partial charge in [0.05, 0.1) is 37.6 Å². The first-order valence-electron chi connectivity index (χ1n) is 34.9. The van der Waals surface area contributed by atoms with Crippen molar-refractivity contribution in [3.63, 3.8) is 0 Å². The fraction of sp³-hybridized carbons (Fsp3) is 0.105. The number of rotatable bonds is 6. The van der Waals surface area contributed by atoms with E-state index in [2.05, 4.69) is 132 Å². The zero-order valence-electron chi connectivity index (χ0n) is 59.0. The van der Waals surface area contributed by atoms with E-state index in [1.165, 1.54) is 16.7 Å². The first kappa shape index (κ1) is 33.2. The summed E-state index contributed by atoms with van der Waals surface area (Å²) in [6.45, 7) is 5.86. The minimum Gasteiger partial charge on any atom is -0.377 e. The molecule has 0 saturated carbocycles. The van der Waals surface area contributed by atoms with Crippen LogP contribution in [0.3, 0.4) is 0 Å². The predicted molar refractivity (Wildman–Crippen MR) is 340 cm³/mol. The molecule has 0 spiro atoms. The molecule has 0 fully saturated rings. The summed E-state index contributed by atoms with van der Waals surface area (Å²) in [6.07, 6.45) is 13.0. The third-order valence-corrected chi connectivity index (χ3v) is 17.5. The second kappa shape index (κ2) is 17.1. The van der Waals surface area contributed by atoms with Gasteiger partial charge in [0.1, 0.15) is 0 Å². The van der Waals surface area contributed by atoms with Crippen LogP contribution >= 0.6 is 0 Å². The van der Waals surface area contributed by atoms with Crippen LogP contribution in [0.5, 0.6) is 0 Å². The van der Waals surface area contributed by atoms with E-state index in [0.29, 0.717) is 27.5 Å². The van der Waals surface area contributed by atoms with Crippen molar-refractivity contribution in [3.05, 3.63) is 270 Å². The first-order valence-corrected chi connectivity index (χ1v) is 27.4. The van der Waals surface area contributed by atoms with E-state index < -0.39 is 66.5 Å². The molecule has 5 heterocycles. The molecule has 10 aromatic carbocycles. The van der Waals surface area contributed by atoms with Crippen LogP contribution in [0.2, 0.25) is 0 Å². The molecule has 17 rings (SSSR count). The number of hydrogen-bond acceptors (Lipinski definition) is 1. The van der Waals surface area contributed by atoms with Crippen LogP contribution in [-0.2, 0) is 5.41 Å². The second-order valence-corrected chi connectivity index (χ2v) is 22.8. The van der Waals surface area contributed by atoms with Crippen molar-refractivity contribution in [1.82, 2.24) is 9.13 Å². The molecule has 0 saturated heterocycles. The minimum absolute atomic E-state index is 0.00448. The molecule has 378 valence electrons. The summed E-state index contributed by atoms with van der Waals surface area (Å²) in [5.41, 5.74) is 18.3. The molecule has 0 amide bonds. The number of aromatic nitrogens is 2. The quantitative estimate of drug-likeness (QED) is 0.165. The Morgan fingerprint density at radius 3 is 1.85 bits per heavy atom. The molecule has 2 aliphatic carbocycles. The van der Waals surface area contributed by atoms with Crippen molar-refractivity contribution >= 4 is 89.1 Å². The third kappa shape index (κ3) is 6.57. The lowest BCUT2D eigenvalue weighted by atomic mass is 9.33. The predicted octanol–water partition coefficient (Wildman–Crippen LogP) is 17.1. The van der Waals surface area contributed by atoms with E-state index in [1.54, 1.807) is 6.07 Å². The standard InChI is InChI=1S/C76H56BN3/c1-76(2,3)53-43-63-61-40-50(46-21-8-4-9-22-46)35-37-67(61)79-69-45-66-70(59-34-20-33-58(72(59)78-66)57-32-19-18-31-56(57)55-30-17-16-29-54(55)49-27-14-7-15-28-49)75-71(69)77(65(44-53)73(63)79)64-42-52(48-25-12-6-13-26-48)41-62-60-39-51(47-23-10-5-11-24-47)36-38-68(60)80(75)74(62)64/h4-15,17-28,30-45,59,72,78H,16,29H2,1-3H3/i4D,5D,6D,8D,9D,10D,11D,12D,13D,21D,22D,23D,24D,25D,26D. The Bertz CT molecular complexity index is 5620. The smallest absolute Gasteiger partial charge is 0.252 e. The molecule has 0 bridgehead atoms. The zero-order valence-corrected chi connectivity index (χ0v) is 44.0. The van der Waals surface area contributed by atoms with E-state index in [-0.39, 0.29) is 64.9 Å². The molecule has 5 aliphatic rings. The van der Waals surface area contributed by atoms with Gasteiger partial charge in [-0.25, -0.2) is 0 Å². The summed E-state index contributed by atoms with van der Waals surface area (Å²) in [5.74, 6) is -0.267. The Kier molecular flexibility index (Phi) is 7.07. The number of anilines is 1. The Morgan fingerprint density at radius 2 is 1.16 bits per heavy atom. The summed E-state index contributed by atoms with van der Waals surface area (Å²) in [5, 5.41) is 7.11. The minimum atomic E-state index is -0.610. The molecular formula is C76H56BN3. The number of nitrogens with zero attached hydrogens (tertiary/aromatic N) is 2. The van der Waals surface area contributed by atoms with Gasteiger partial charge in [0.25, 0.3) is 6.71 Å². The summed E-state index contributed by atoms with van der Waals surface area (Å²) < 4.78 is 139. The molecule has 1 N–H and O–H groups in total. The van der Waals surface area contributed by atoms with Gasteiger partial charge in [0.15, 0.2) is 0 Å². The molecule has 2 aromatic heterocycles. The molecule has 3 nitrogen and oxygen atoms in total. The largest absolute Gasteiger partial charge is 0.377 e. The molecule has 80 heavy (non-hydrogen) atoms. The lowest BCUT2D eigenvalue weighted by Gasteiger charge is -2.36. The van der Waals surface area contributed by atoms with Crippen molar-refractivity contribution in [1.29, 1.82) is 0 Å². The molecule has 2 atom stereocenters. The van der Waals surface area contributed by atoms with Gasteiger partial charge < -0.3 is 14.5 Å². The Morgan fingerprint density at radius 1 is 0.562 bits per heavy atom. The van der Waals surface area contributed by atoms with Crippen LogP contribution in [0.4, 0.5) is 5.69 Å². The average molecular weight is 1040 g/mol. The van der Waals surface area contributed by atoms with Gasteiger partial charge in [0, 0.05) is 61.1 Å². The molecule has 3 aliphatic heterocycles. The van der Waals surface area contributed by atoms with Crippen LogP contribution in [0, 0.1) is 0 Å². The van der Waals surface area contributed by atoms with Gasteiger partial charge in [-0.15, -0.1) is 0 Å². The van der Waals surface area contributed by atoms with Gasteiger partial charge in [0.2, 0.25) is 0 Å². The molecule has 4 heteroatoms. The van der Waals surface area contributed by atoms with Crippen LogP contribution in [0.25, 0.3) is 105 Å². The van der Waals surface area contributed by atoms with E-state index in [9.17, 15) is 5.48 Å². The number of allylic oxidation sites excluding steroid dienone is 6. The van der Waals surface area contributed by atoms with Crippen LogP contribution < -0.4 is 21.7 Å². The van der Waals surface area contributed by atoms with Crippen molar-refractivity contribution in [2.75, 3.05) is 5.32 Å². The van der Waals surface area contributed by atoms with Gasteiger partial charge in [-0.05, 0) is 149 Å². The number of hydrogen-bond donors (Lipinski definition) is 1. The normalized spacial score (nSPS) is 19.2. The van der Waals surface area contributed by atoms with Gasteiger partial charge in [-0.2, -0.15) is 0 Å². The molecule has 12 aromatic rings. The Hall–Kier alpha value is -9.38.